The molecule has 1 saturated carbocycles. The van der Waals surface area contributed by atoms with Gasteiger partial charge in [0, 0.05) is 23.5 Å². The predicted octanol–water partition coefficient (Wildman–Crippen LogP) is 3.99. The summed E-state index contributed by atoms with van der Waals surface area (Å²) in [5.74, 6) is 0. The van der Waals surface area contributed by atoms with Gasteiger partial charge in [0.1, 0.15) is 5.01 Å². The van der Waals surface area contributed by atoms with Crippen LogP contribution < -0.4 is 5.32 Å². The number of aryl methyl sites for hydroxylation is 3. The van der Waals surface area contributed by atoms with E-state index >= 15 is 0 Å². The maximum atomic E-state index is 4.77. The minimum absolute atomic E-state index is 0.746. The van der Waals surface area contributed by atoms with Gasteiger partial charge in [-0.25, -0.2) is 4.98 Å². The summed E-state index contributed by atoms with van der Waals surface area (Å²) in [6, 6.07) is 5.26. The van der Waals surface area contributed by atoms with Crippen LogP contribution in [0.1, 0.15) is 34.5 Å². The van der Waals surface area contributed by atoms with Gasteiger partial charge in [0.2, 0.25) is 0 Å². The van der Waals surface area contributed by atoms with Crippen molar-refractivity contribution in [2.45, 2.75) is 46.2 Å². The zero-order chi connectivity index (χ0) is 13.4. The van der Waals surface area contributed by atoms with Crippen molar-refractivity contribution < 1.29 is 0 Å². The van der Waals surface area contributed by atoms with Crippen LogP contribution in [0.2, 0.25) is 0 Å². The molecule has 0 amide bonds. The van der Waals surface area contributed by atoms with Gasteiger partial charge >= 0.3 is 0 Å². The molecule has 2 aromatic rings. The van der Waals surface area contributed by atoms with Gasteiger partial charge in [-0.3, -0.25) is 0 Å². The number of nitrogens with one attached hydrogen (secondary N) is 1. The average molecular weight is 272 g/mol. The van der Waals surface area contributed by atoms with Crippen molar-refractivity contribution in [3.05, 3.63) is 39.2 Å². The predicted molar refractivity (Wildman–Crippen MR) is 81.6 cm³/mol. The molecule has 0 saturated heterocycles. The smallest absolute Gasteiger partial charge is 0.107 e. The number of hydrogen-bond acceptors (Lipinski definition) is 3. The number of rotatable bonds is 4. The van der Waals surface area contributed by atoms with E-state index in [1.807, 2.05) is 0 Å². The van der Waals surface area contributed by atoms with Crippen molar-refractivity contribution in [1.29, 1.82) is 0 Å². The second-order valence-corrected chi connectivity index (χ2v) is 6.48. The van der Waals surface area contributed by atoms with Crippen LogP contribution in [-0.4, -0.2) is 11.0 Å². The van der Waals surface area contributed by atoms with Crippen molar-refractivity contribution in [3.63, 3.8) is 0 Å². The second-order valence-electron chi connectivity index (χ2n) is 5.53. The van der Waals surface area contributed by atoms with Crippen molar-refractivity contribution in [2.24, 2.45) is 0 Å². The molecule has 1 aliphatic carbocycles. The third-order valence-corrected chi connectivity index (χ3v) is 4.64. The molecule has 1 N–H and O–H groups in total. The molecule has 19 heavy (non-hydrogen) atoms. The molecule has 100 valence electrons. The first-order valence-electron chi connectivity index (χ1n) is 6.89. The van der Waals surface area contributed by atoms with Gasteiger partial charge in [-0.05, 0) is 56.4 Å². The molecule has 1 heterocycles. The topological polar surface area (TPSA) is 24.9 Å². The molecule has 1 aromatic heterocycles. The Morgan fingerprint density at radius 3 is 2.63 bits per heavy atom. The summed E-state index contributed by atoms with van der Waals surface area (Å²) in [5.41, 5.74) is 6.41. The van der Waals surface area contributed by atoms with E-state index in [2.05, 4.69) is 43.6 Å². The fraction of sp³-hybridized carbons (Fsp3) is 0.438. The van der Waals surface area contributed by atoms with E-state index in [0.717, 1.165) is 18.3 Å². The Kier molecular flexibility index (Phi) is 3.42. The van der Waals surface area contributed by atoms with Crippen molar-refractivity contribution >= 4 is 11.3 Å². The lowest BCUT2D eigenvalue weighted by Crippen LogP contribution is -2.14. The van der Waals surface area contributed by atoms with Crippen LogP contribution in [0, 0.1) is 20.8 Å². The van der Waals surface area contributed by atoms with Crippen LogP contribution in [-0.2, 0) is 6.54 Å². The monoisotopic (exact) mass is 272 g/mol. The first-order valence-corrected chi connectivity index (χ1v) is 7.77. The summed E-state index contributed by atoms with van der Waals surface area (Å²) in [7, 11) is 0. The molecule has 3 rings (SSSR count). The van der Waals surface area contributed by atoms with Gasteiger partial charge in [-0.15, -0.1) is 11.3 Å². The molecule has 2 nitrogen and oxygen atoms in total. The second kappa shape index (κ2) is 5.06. The molecule has 0 unspecified atom stereocenters. The summed E-state index contributed by atoms with van der Waals surface area (Å²) in [4.78, 5) is 4.77. The molecular weight excluding hydrogens is 252 g/mol. The number of nitrogens with zero attached hydrogens (tertiary/aromatic N) is 1. The van der Waals surface area contributed by atoms with Crippen LogP contribution in [0.15, 0.2) is 17.5 Å². The average Bonchev–Trinajstić information content (AvgIpc) is 3.09. The van der Waals surface area contributed by atoms with Crippen LogP contribution in [0.4, 0.5) is 0 Å². The SMILES string of the molecule is Cc1cc(C)c(-c2csc(CNC3CC3)n2)cc1C. The van der Waals surface area contributed by atoms with Crippen molar-refractivity contribution in [1.82, 2.24) is 10.3 Å². The highest BCUT2D eigenvalue weighted by Crippen LogP contribution is 2.28. The minimum Gasteiger partial charge on any atom is -0.308 e. The standard InChI is InChI=1S/C16H20N2S/c1-10-6-12(3)14(7-11(10)2)15-9-19-16(18-15)8-17-13-4-5-13/h6-7,9,13,17H,4-5,8H2,1-3H3. The lowest BCUT2D eigenvalue weighted by atomic mass is 9.99. The molecule has 1 fully saturated rings. The minimum atomic E-state index is 0.746. The molecule has 0 radical (unpaired) electrons. The Labute approximate surface area is 118 Å². The van der Waals surface area contributed by atoms with E-state index in [4.69, 9.17) is 4.98 Å². The van der Waals surface area contributed by atoms with E-state index in [1.165, 1.54) is 40.1 Å². The zero-order valence-corrected chi connectivity index (χ0v) is 12.6. The molecule has 0 aliphatic heterocycles. The van der Waals surface area contributed by atoms with Crippen LogP contribution in [0.25, 0.3) is 11.3 Å². The number of thiazole rings is 1. The highest BCUT2D eigenvalue weighted by Gasteiger charge is 2.20. The van der Waals surface area contributed by atoms with E-state index < -0.39 is 0 Å². The molecular formula is C16H20N2S. The molecule has 3 heteroatoms. The Morgan fingerprint density at radius 1 is 1.16 bits per heavy atom. The third kappa shape index (κ3) is 2.88. The Morgan fingerprint density at radius 2 is 1.89 bits per heavy atom. The first kappa shape index (κ1) is 12.8. The van der Waals surface area contributed by atoms with E-state index in [0.29, 0.717) is 0 Å². The summed E-state index contributed by atoms with van der Waals surface area (Å²) in [5, 5.41) is 6.90. The van der Waals surface area contributed by atoms with E-state index in [-0.39, 0.29) is 0 Å². The summed E-state index contributed by atoms with van der Waals surface area (Å²) in [6.07, 6.45) is 2.66. The van der Waals surface area contributed by atoms with E-state index in [1.54, 1.807) is 11.3 Å². The van der Waals surface area contributed by atoms with Crippen molar-refractivity contribution in [2.75, 3.05) is 0 Å². The number of aromatic nitrogens is 1. The zero-order valence-electron chi connectivity index (χ0n) is 11.8. The normalized spacial score (nSPS) is 14.9. The van der Waals surface area contributed by atoms with Gasteiger partial charge < -0.3 is 5.32 Å². The van der Waals surface area contributed by atoms with Gasteiger partial charge in [0.05, 0.1) is 5.69 Å². The fourth-order valence-corrected chi connectivity index (χ4v) is 3.02. The maximum Gasteiger partial charge on any atom is 0.107 e. The van der Waals surface area contributed by atoms with Crippen LogP contribution in [0.3, 0.4) is 0 Å². The molecule has 1 aromatic carbocycles. The van der Waals surface area contributed by atoms with Gasteiger partial charge in [0.25, 0.3) is 0 Å². The van der Waals surface area contributed by atoms with Gasteiger partial charge in [-0.2, -0.15) is 0 Å². The van der Waals surface area contributed by atoms with Crippen LogP contribution in [0.5, 0.6) is 0 Å². The Balaban J connectivity index is 1.83. The summed E-state index contributed by atoms with van der Waals surface area (Å²) < 4.78 is 0. The van der Waals surface area contributed by atoms with Gasteiger partial charge in [-0.1, -0.05) is 6.07 Å². The number of benzene rings is 1. The van der Waals surface area contributed by atoms with Crippen LogP contribution >= 0.6 is 11.3 Å². The lowest BCUT2D eigenvalue weighted by molar-refractivity contribution is 0.685. The Hall–Kier alpha value is -1.19. The number of hydrogen-bond donors (Lipinski definition) is 1. The molecule has 0 spiro atoms. The van der Waals surface area contributed by atoms with Crippen molar-refractivity contribution in [3.8, 4) is 11.3 Å². The fourth-order valence-electron chi connectivity index (χ4n) is 2.27. The maximum absolute atomic E-state index is 4.77. The van der Waals surface area contributed by atoms with Gasteiger partial charge in [0.15, 0.2) is 0 Å². The largest absolute Gasteiger partial charge is 0.308 e. The molecule has 1 aliphatic rings. The summed E-state index contributed by atoms with van der Waals surface area (Å²) in [6.45, 7) is 7.42. The quantitative estimate of drug-likeness (QED) is 0.910. The first-order chi connectivity index (χ1) is 9.13. The third-order valence-electron chi connectivity index (χ3n) is 3.79. The van der Waals surface area contributed by atoms with E-state index in [9.17, 15) is 0 Å². The molecule has 0 bridgehead atoms. The molecule has 0 atom stereocenters. The highest BCUT2D eigenvalue weighted by atomic mass is 32.1. The lowest BCUT2D eigenvalue weighted by Gasteiger charge is -2.07. The highest BCUT2D eigenvalue weighted by molar-refractivity contribution is 7.09. The Bertz CT molecular complexity index is 597. The summed E-state index contributed by atoms with van der Waals surface area (Å²) >= 11 is 1.76.